The van der Waals surface area contributed by atoms with Crippen LogP contribution in [0.2, 0.25) is 0 Å². The molecule has 0 aliphatic heterocycles. The lowest BCUT2D eigenvalue weighted by Crippen LogP contribution is -2.51. The molecule has 2 nitrogen and oxygen atoms in total. The molecule has 0 amide bonds. The van der Waals surface area contributed by atoms with Crippen LogP contribution in [0.5, 0.6) is 0 Å². The van der Waals surface area contributed by atoms with E-state index in [1.165, 1.54) is 24.3 Å². The van der Waals surface area contributed by atoms with Crippen molar-refractivity contribution < 1.29 is 8.78 Å². The van der Waals surface area contributed by atoms with Gasteiger partial charge in [0.15, 0.2) is 0 Å². The van der Waals surface area contributed by atoms with Crippen LogP contribution in [0.25, 0.3) is 0 Å². The number of rotatable bonds is 3. The monoisotopic (exact) mass is 262 g/mol. The summed E-state index contributed by atoms with van der Waals surface area (Å²) in [7, 11) is 0. The average Bonchev–Trinajstić information content (AvgIpc) is 2.39. The lowest BCUT2D eigenvalue weighted by atomic mass is 9.79. The minimum atomic E-state index is -0.985. The maximum Gasteiger partial charge on any atom is 0.123 e. The summed E-state index contributed by atoms with van der Waals surface area (Å²) < 4.78 is 26.0. The molecule has 0 aliphatic carbocycles. The highest BCUT2D eigenvalue weighted by atomic mass is 19.1. The molecule has 0 saturated carbocycles. The van der Waals surface area contributed by atoms with Gasteiger partial charge in [-0.15, -0.1) is 0 Å². The molecule has 100 valence electrons. The van der Waals surface area contributed by atoms with E-state index in [0.29, 0.717) is 11.1 Å². The summed E-state index contributed by atoms with van der Waals surface area (Å²) in [5.41, 5.74) is 12.8. The average molecular weight is 262 g/mol. The second-order valence-electron chi connectivity index (χ2n) is 4.67. The minimum absolute atomic E-state index is 0.338. The van der Waals surface area contributed by atoms with Crippen molar-refractivity contribution in [2.24, 2.45) is 11.5 Å². The van der Waals surface area contributed by atoms with Gasteiger partial charge < -0.3 is 11.5 Å². The molecule has 4 heteroatoms. The van der Waals surface area contributed by atoms with Gasteiger partial charge in [0.25, 0.3) is 0 Å². The SMILES string of the molecule is C[C@@H](N)C(N)(c1ccc(F)cc1)c1ccc(F)cc1. The highest BCUT2D eigenvalue weighted by Crippen LogP contribution is 2.30. The first-order chi connectivity index (χ1) is 8.94. The van der Waals surface area contributed by atoms with E-state index in [1.54, 1.807) is 31.2 Å². The highest BCUT2D eigenvalue weighted by molar-refractivity contribution is 5.40. The predicted molar refractivity (Wildman–Crippen MR) is 71.4 cm³/mol. The summed E-state index contributed by atoms with van der Waals surface area (Å²) in [6.45, 7) is 1.77. The van der Waals surface area contributed by atoms with Crippen molar-refractivity contribution >= 4 is 0 Å². The summed E-state index contributed by atoms with van der Waals surface area (Å²) in [6, 6.07) is 11.3. The molecule has 0 bridgehead atoms. The van der Waals surface area contributed by atoms with Gasteiger partial charge in [0.05, 0.1) is 5.54 Å². The minimum Gasteiger partial charge on any atom is -0.326 e. The van der Waals surface area contributed by atoms with E-state index in [2.05, 4.69) is 0 Å². The van der Waals surface area contributed by atoms with Crippen LogP contribution in [0.15, 0.2) is 48.5 Å². The van der Waals surface area contributed by atoms with Crippen molar-refractivity contribution in [3.05, 3.63) is 71.3 Å². The summed E-state index contributed by atoms with van der Waals surface area (Å²) in [4.78, 5) is 0. The lowest BCUT2D eigenvalue weighted by Gasteiger charge is -2.34. The molecule has 2 aromatic carbocycles. The Morgan fingerprint density at radius 3 is 1.42 bits per heavy atom. The summed E-state index contributed by atoms with van der Waals surface area (Å²) in [5, 5.41) is 0. The van der Waals surface area contributed by atoms with Crippen LogP contribution >= 0.6 is 0 Å². The maximum absolute atomic E-state index is 13.0. The van der Waals surface area contributed by atoms with Crippen LogP contribution in [-0.4, -0.2) is 6.04 Å². The van der Waals surface area contributed by atoms with Gasteiger partial charge in [0.1, 0.15) is 11.6 Å². The molecule has 0 aromatic heterocycles. The van der Waals surface area contributed by atoms with Gasteiger partial charge in [-0.25, -0.2) is 8.78 Å². The fourth-order valence-electron chi connectivity index (χ4n) is 2.14. The zero-order chi connectivity index (χ0) is 14.0. The van der Waals surface area contributed by atoms with Gasteiger partial charge in [-0.3, -0.25) is 0 Å². The molecule has 0 radical (unpaired) electrons. The van der Waals surface area contributed by atoms with Gasteiger partial charge >= 0.3 is 0 Å². The Morgan fingerprint density at radius 1 is 0.842 bits per heavy atom. The Hall–Kier alpha value is -1.78. The fourth-order valence-corrected chi connectivity index (χ4v) is 2.14. The quantitative estimate of drug-likeness (QED) is 0.893. The number of benzene rings is 2. The first kappa shape index (κ1) is 13.6. The van der Waals surface area contributed by atoms with Crippen molar-refractivity contribution in [1.82, 2.24) is 0 Å². The smallest absolute Gasteiger partial charge is 0.123 e. The maximum atomic E-state index is 13.0. The van der Waals surface area contributed by atoms with Crippen LogP contribution < -0.4 is 11.5 Å². The summed E-state index contributed by atoms with van der Waals surface area (Å²) in [6.07, 6.45) is 0. The Kier molecular flexibility index (Phi) is 3.64. The van der Waals surface area contributed by atoms with Crippen molar-refractivity contribution in [1.29, 1.82) is 0 Å². The third-order valence-corrected chi connectivity index (χ3v) is 3.36. The third kappa shape index (κ3) is 2.50. The zero-order valence-corrected chi connectivity index (χ0v) is 10.6. The third-order valence-electron chi connectivity index (χ3n) is 3.36. The molecule has 0 aliphatic rings. The lowest BCUT2D eigenvalue weighted by molar-refractivity contribution is 0.444. The molecular weight excluding hydrogens is 246 g/mol. The summed E-state index contributed by atoms with van der Waals surface area (Å²) >= 11 is 0. The van der Waals surface area contributed by atoms with E-state index in [4.69, 9.17) is 11.5 Å². The molecule has 2 rings (SSSR count). The Bertz CT molecular complexity index is 502. The van der Waals surface area contributed by atoms with E-state index in [1.807, 2.05) is 0 Å². The summed E-state index contributed by atoms with van der Waals surface area (Å²) in [5.74, 6) is -0.676. The number of hydrogen-bond acceptors (Lipinski definition) is 2. The standard InChI is InChI=1S/C15H16F2N2/c1-10(18)15(19,11-2-6-13(16)7-3-11)12-4-8-14(17)9-5-12/h2-10H,18-19H2,1H3/t10-/m1/s1. The van der Waals surface area contributed by atoms with Gasteiger partial charge in [0, 0.05) is 6.04 Å². The Morgan fingerprint density at radius 2 is 1.16 bits per heavy atom. The molecule has 1 atom stereocenters. The normalized spacial score (nSPS) is 13.3. The molecular formula is C15H16F2N2. The zero-order valence-electron chi connectivity index (χ0n) is 10.6. The first-order valence-electron chi connectivity index (χ1n) is 6.01. The predicted octanol–water partition coefficient (Wildman–Crippen LogP) is 2.51. The molecule has 0 heterocycles. The van der Waals surface area contributed by atoms with Crippen molar-refractivity contribution in [2.75, 3.05) is 0 Å². The molecule has 19 heavy (non-hydrogen) atoms. The van der Waals surface area contributed by atoms with Crippen molar-refractivity contribution in [3.63, 3.8) is 0 Å². The van der Waals surface area contributed by atoms with E-state index in [-0.39, 0.29) is 11.6 Å². The van der Waals surface area contributed by atoms with E-state index < -0.39 is 11.6 Å². The highest BCUT2D eigenvalue weighted by Gasteiger charge is 2.33. The van der Waals surface area contributed by atoms with E-state index >= 15 is 0 Å². The molecule has 0 saturated heterocycles. The fraction of sp³-hybridized carbons (Fsp3) is 0.200. The molecule has 0 fully saturated rings. The number of halogens is 2. The van der Waals surface area contributed by atoms with Crippen LogP contribution in [0.3, 0.4) is 0 Å². The van der Waals surface area contributed by atoms with Gasteiger partial charge in [0.2, 0.25) is 0 Å². The van der Waals surface area contributed by atoms with Gasteiger partial charge in [-0.05, 0) is 42.3 Å². The Labute approximate surface area is 111 Å². The van der Waals surface area contributed by atoms with Gasteiger partial charge in [-0.1, -0.05) is 24.3 Å². The first-order valence-corrected chi connectivity index (χ1v) is 6.01. The van der Waals surface area contributed by atoms with Crippen molar-refractivity contribution in [3.8, 4) is 0 Å². The molecule has 0 unspecified atom stereocenters. The van der Waals surface area contributed by atoms with Gasteiger partial charge in [-0.2, -0.15) is 0 Å². The van der Waals surface area contributed by atoms with Crippen LogP contribution in [0.4, 0.5) is 8.78 Å². The van der Waals surface area contributed by atoms with E-state index in [9.17, 15) is 8.78 Å². The second-order valence-corrected chi connectivity index (χ2v) is 4.67. The van der Waals surface area contributed by atoms with Crippen LogP contribution in [0, 0.1) is 11.6 Å². The topological polar surface area (TPSA) is 52.0 Å². The molecule has 0 spiro atoms. The molecule has 2 aromatic rings. The number of hydrogen-bond donors (Lipinski definition) is 2. The van der Waals surface area contributed by atoms with Crippen LogP contribution in [-0.2, 0) is 5.54 Å². The van der Waals surface area contributed by atoms with E-state index in [0.717, 1.165) is 0 Å². The largest absolute Gasteiger partial charge is 0.326 e. The Balaban J connectivity index is 2.54. The van der Waals surface area contributed by atoms with Crippen LogP contribution in [0.1, 0.15) is 18.1 Å². The van der Waals surface area contributed by atoms with Crippen molar-refractivity contribution in [2.45, 2.75) is 18.5 Å². The number of nitrogens with two attached hydrogens (primary N) is 2. The molecule has 4 N–H and O–H groups in total. The second kappa shape index (κ2) is 5.07.